The van der Waals surface area contributed by atoms with Gasteiger partial charge in [-0.25, -0.2) is 9.67 Å². The molecule has 0 amide bonds. The van der Waals surface area contributed by atoms with Crippen molar-refractivity contribution in [3.05, 3.63) is 18.2 Å². The van der Waals surface area contributed by atoms with E-state index in [2.05, 4.69) is 31.5 Å². The Labute approximate surface area is 103 Å². The summed E-state index contributed by atoms with van der Waals surface area (Å²) in [6, 6.07) is 0.409. The molecule has 0 saturated carbocycles. The molecule has 0 aromatic carbocycles. The van der Waals surface area contributed by atoms with Gasteiger partial charge in [-0.15, -0.1) is 5.10 Å². The summed E-state index contributed by atoms with van der Waals surface area (Å²) >= 11 is 1.49. The predicted molar refractivity (Wildman–Crippen MR) is 65.2 cm³/mol. The van der Waals surface area contributed by atoms with Crippen LogP contribution in [0.5, 0.6) is 0 Å². The van der Waals surface area contributed by atoms with Gasteiger partial charge in [-0.05, 0) is 6.42 Å². The molecule has 3 rings (SSSR count). The number of hydrogen-bond acceptors (Lipinski definition) is 6. The molecule has 1 saturated heterocycles. The monoisotopic (exact) mass is 250 g/mol. The van der Waals surface area contributed by atoms with Crippen LogP contribution in [0.4, 0.5) is 5.13 Å². The van der Waals surface area contributed by atoms with E-state index < -0.39 is 0 Å². The third kappa shape index (κ3) is 2.02. The molecule has 0 aliphatic carbocycles. The van der Waals surface area contributed by atoms with Crippen LogP contribution in [0.25, 0.3) is 0 Å². The molecule has 1 unspecified atom stereocenters. The second-order valence-corrected chi connectivity index (χ2v) is 4.85. The van der Waals surface area contributed by atoms with Crippen LogP contribution in [0.15, 0.2) is 12.4 Å². The van der Waals surface area contributed by atoms with Gasteiger partial charge in [-0.2, -0.15) is 4.37 Å². The molecule has 90 valence electrons. The summed E-state index contributed by atoms with van der Waals surface area (Å²) in [5.41, 5.74) is 0. The van der Waals surface area contributed by atoms with Crippen LogP contribution in [-0.4, -0.2) is 37.4 Å². The van der Waals surface area contributed by atoms with Gasteiger partial charge in [0.1, 0.15) is 5.82 Å². The standard InChI is InChI=1S/C10H14N6S/c1-2-9-12-10(17-13-9)15-5-3-8(7-15)16-6-4-11-14-16/h4,6,8H,2-3,5,7H2,1H3. The number of anilines is 1. The SMILES string of the molecule is CCc1nsc(N2CCC(n3ccnn3)C2)n1. The lowest BCUT2D eigenvalue weighted by atomic mass is 10.3. The van der Waals surface area contributed by atoms with Gasteiger partial charge in [0.05, 0.1) is 12.2 Å². The van der Waals surface area contributed by atoms with Crippen molar-refractivity contribution in [1.29, 1.82) is 0 Å². The second-order valence-electron chi connectivity index (χ2n) is 4.12. The van der Waals surface area contributed by atoms with E-state index in [-0.39, 0.29) is 0 Å². The van der Waals surface area contributed by atoms with E-state index in [0.29, 0.717) is 6.04 Å². The zero-order chi connectivity index (χ0) is 11.7. The zero-order valence-electron chi connectivity index (χ0n) is 9.65. The summed E-state index contributed by atoms with van der Waals surface area (Å²) in [5, 5.41) is 8.94. The average Bonchev–Trinajstić information content (AvgIpc) is 3.09. The molecular formula is C10H14N6S. The highest BCUT2D eigenvalue weighted by molar-refractivity contribution is 7.09. The fourth-order valence-electron chi connectivity index (χ4n) is 2.06. The molecule has 6 nitrogen and oxygen atoms in total. The third-order valence-corrected chi connectivity index (χ3v) is 3.84. The smallest absolute Gasteiger partial charge is 0.205 e. The normalized spacial score (nSPS) is 20.1. The maximum Gasteiger partial charge on any atom is 0.205 e. The summed E-state index contributed by atoms with van der Waals surface area (Å²) in [6.07, 6.45) is 5.63. The summed E-state index contributed by atoms with van der Waals surface area (Å²) in [7, 11) is 0. The highest BCUT2D eigenvalue weighted by Crippen LogP contribution is 2.27. The van der Waals surface area contributed by atoms with Crippen molar-refractivity contribution < 1.29 is 0 Å². The Morgan fingerprint density at radius 1 is 1.53 bits per heavy atom. The second kappa shape index (κ2) is 4.40. The molecule has 1 aliphatic rings. The first-order valence-corrected chi connectivity index (χ1v) is 6.57. The predicted octanol–water partition coefficient (Wildman–Crippen LogP) is 1.14. The summed E-state index contributed by atoms with van der Waals surface area (Å²) in [5.74, 6) is 0.939. The van der Waals surface area contributed by atoms with Gasteiger partial charge in [-0.1, -0.05) is 12.1 Å². The van der Waals surface area contributed by atoms with E-state index in [9.17, 15) is 0 Å². The van der Waals surface area contributed by atoms with Gasteiger partial charge in [0.15, 0.2) is 0 Å². The van der Waals surface area contributed by atoms with Gasteiger partial charge in [0.2, 0.25) is 5.13 Å². The van der Waals surface area contributed by atoms with Crippen molar-refractivity contribution in [2.75, 3.05) is 18.0 Å². The molecule has 1 atom stereocenters. The first-order valence-electron chi connectivity index (χ1n) is 5.80. The van der Waals surface area contributed by atoms with E-state index >= 15 is 0 Å². The maximum absolute atomic E-state index is 4.51. The van der Waals surface area contributed by atoms with Gasteiger partial charge < -0.3 is 4.90 Å². The summed E-state index contributed by atoms with van der Waals surface area (Å²) in [6.45, 7) is 4.04. The van der Waals surface area contributed by atoms with E-state index in [4.69, 9.17) is 0 Å². The minimum absolute atomic E-state index is 0.409. The molecule has 2 aromatic rings. The Kier molecular flexibility index (Phi) is 2.76. The van der Waals surface area contributed by atoms with Crippen LogP contribution in [0.3, 0.4) is 0 Å². The maximum atomic E-state index is 4.51. The topological polar surface area (TPSA) is 59.7 Å². The molecule has 0 bridgehead atoms. The Morgan fingerprint density at radius 2 is 2.47 bits per heavy atom. The molecule has 1 fully saturated rings. The van der Waals surface area contributed by atoms with Crippen molar-refractivity contribution in [3.8, 4) is 0 Å². The minimum atomic E-state index is 0.409. The van der Waals surface area contributed by atoms with Gasteiger partial charge in [0, 0.05) is 37.2 Å². The molecule has 0 N–H and O–H groups in total. The van der Waals surface area contributed by atoms with E-state index in [1.54, 1.807) is 6.20 Å². The van der Waals surface area contributed by atoms with Crippen LogP contribution >= 0.6 is 11.5 Å². The molecular weight excluding hydrogens is 236 g/mol. The lowest BCUT2D eigenvalue weighted by Crippen LogP contribution is -2.21. The average molecular weight is 250 g/mol. The van der Waals surface area contributed by atoms with Crippen molar-refractivity contribution in [2.24, 2.45) is 0 Å². The molecule has 7 heteroatoms. The Hall–Kier alpha value is -1.50. The molecule has 1 aliphatic heterocycles. The molecule has 0 radical (unpaired) electrons. The first kappa shape index (κ1) is 10.6. The van der Waals surface area contributed by atoms with E-state index in [1.807, 2.05) is 10.9 Å². The number of nitrogens with zero attached hydrogens (tertiary/aromatic N) is 6. The van der Waals surface area contributed by atoms with Gasteiger partial charge >= 0.3 is 0 Å². The van der Waals surface area contributed by atoms with E-state index in [1.165, 1.54) is 11.5 Å². The third-order valence-electron chi connectivity index (χ3n) is 3.02. The van der Waals surface area contributed by atoms with Crippen LogP contribution in [0.1, 0.15) is 25.2 Å². The van der Waals surface area contributed by atoms with Crippen LogP contribution in [0, 0.1) is 0 Å². The van der Waals surface area contributed by atoms with E-state index in [0.717, 1.165) is 36.9 Å². The van der Waals surface area contributed by atoms with Gasteiger partial charge in [-0.3, -0.25) is 0 Å². The molecule has 2 aromatic heterocycles. The lowest BCUT2D eigenvalue weighted by molar-refractivity contribution is 0.479. The Balaban J connectivity index is 1.71. The van der Waals surface area contributed by atoms with Crippen LogP contribution in [-0.2, 0) is 6.42 Å². The Morgan fingerprint density at radius 3 is 3.18 bits per heavy atom. The highest BCUT2D eigenvalue weighted by atomic mass is 32.1. The van der Waals surface area contributed by atoms with Crippen molar-refractivity contribution in [3.63, 3.8) is 0 Å². The lowest BCUT2D eigenvalue weighted by Gasteiger charge is -2.13. The van der Waals surface area contributed by atoms with Crippen molar-refractivity contribution in [1.82, 2.24) is 24.4 Å². The fraction of sp³-hybridized carbons (Fsp3) is 0.600. The van der Waals surface area contributed by atoms with Crippen molar-refractivity contribution in [2.45, 2.75) is 25.8 Å². The Bertz CT molecular complexity index is 479. The number of aromatic nitrogens is 5. The number of aryl methyl sites for hydroxylation is 1. The largest absolute Gasteiger partial charge is 0.345 e. The highest BCUT2D eigenvalue weighted by Gasteiger charge is 2.26. The minimum Gasteiger partial charge on any atom is -0.345 e. The molecule has 3 heterocycles. The summed E-state index contributed by atoms with van der Waals surface area (Å²) in [4.78, 5) is 6.80. The first-order chi connectivity index (χ1) is 8.36. The number of hydrogen-bond donors (Lipinski definition) is 0. The number of rotatable bonds is 3. The summed E-state index contributed by atoms with van der Waals surface area (Å²) < 4.78 is 6.25. The molecule has 0 spiro atoms. The fourth-order valence-corrected chi connectivity index (χ4v) is 2.84. The zero-order valence-corrected chi connectivity index (χ0v) is 10.5. The quantitative estimate of drug-likeness (QED) is 0.817. The van der Waals surface area contributed by atoms with Crippen LogP contribution in [0.2, 0.25) is 0 Å². The molecule has 17 heavy (non-hydrogen) atoms. The van der Waals surface area contributed by atoms with Crippen LogP contribution < -0.4 is 4.90 Å². The van der Waals surface area contributed by atoms with Gasteiger partial charge in [0.25, 0.3) is 0 Å². The van der Waals surface area contributed by atoms with Crippen molar-refractivity contribution >= 4 is 16.7 Å².